The van der Waals surface area contributed by atoms with Crippen molar-refractivity contribution in [1.29, 1.82) is 0 Å². The van der Waals surface area contributed by atoms with E-state index in [2.05, 4.69) is 5.32 Å². The van der Waals surface area contributed by atoms with E-state index in [0.29, 0.717) is 12.2 Å². The van der Waals surface area contributed by atoms with Gasteiger partial charge >= 0.3 is 12.1 Å². The van der Waals surface area contributed by atoms with Gasteiger partial charge in [0.1, 0.15) is 5.60 Å². The quantitative estimate of drug-likeness (QED) is 0.867. The van der Waals surface area contributed by atoms with Crippen LogP contribution in [0.25, 0.3) is 0 Å². The lowest BCUT2D eigenvalue weighted by atomic mass is 10.1. The molecule has 0 saturated heterocycles. The molecule has 1 aliphatic rings. The number of carbonyl (C=O) groups excluding carboxylic acids is 2. The molecule has 120 valence electrons. The Morgan fingerprint density at radius 1 is 1.23 bits per heavy atom. The molecule has 1 fully saturated rings. The van der Waals surface area contributed by atoms with Gasteiger partial charge < -0.3 is 14.8 Å². The minimum Gasteiger partial charge on any atom is -0.462 e. The van der Waals surface area contributed by atoms with E-state index in [-0.39, 0.29) is 24.0 Å². The number of alkyl carbamates (subject to hydrolysis) is 1. The van der Waals surface area contributed by atoms with Crippen LogP contribution in [0.3, 0.4) is 0 Å². The van der Waals surface area contributed by atoms with Gasteiger partial charge in [-0.1, -0.05) is 12.1 Å². The fourth-order valence-electron chi connectivity index (χ4n) is 2.26. The zero-order valence-corrected chi connectivity index (χ0v) is 13.5. The van der Waals surface area contributed by atoms with E-state index in [0.717, 1.165) is 12.0 Å². The molecular formula is C17H23NO4. The molecule has 2 atom stereocenters. The van der Waals surface area contributed by atoms with Gasteiger partial charge in [-0.15, -0.1) is 0 Å². The first-order valence-electron chi connectivity index (χ1n) is 7.56. The van der Waals surface area contributed by atoms with Crippen LogP contribution in [0.5, 0.6) is 0 Å². The standard InChI is InChI=1S/C17H23NO4/c1-5-21-15(19)12-8-6-11(7-9-12)13-10-14(13)18-16(20)22-17(2,3)4/h6-9,13-14H,5,10H2,1-4H3,(H,18,20). The lowest BCUT2D eigenvalue weighted by Gasteiger charge is -2.19. The molecule has 1 aliphatic carbocycles. The molecule has 1 aromatic carbocycles. The summed E-state index contributed by atoms with van der Waals surface area (Å²) in [6.07, 6.45) is 0.501. The van der Waals surface area contributed by atoms with Crippen molar-refractivity contribution in [3.63, 3.8) is 0 Å². The minimum atomic E-state index is -0.490. The van der Waals surface area contributed by atoms with Gasteiger partial charge in [-0.3, -0.25) is 0 Å². The van der Waals surface area contributed by atoms with Gasteiger partial charge in [-0.05, 0) is 51.8 Å². The van der Waals surface area contributed by atoms with Crippen LogP contribution in [-0.2, 0) is 9.47 Å². The molecular weight excluding hydrogens is 282 g/mol. The Labute approximate surface area is 131 Å². The monoisotopic (exact) mass is 305 g/mol. The van der Waals surface area contributed by atoms with Gasteiger partial charge in [0.25, 0.3) is 0 Å². The van der Waals surface area contributed by atoms with Crippen molar-refractivity contribution in [2.75, 3.05) is 6.61 Å². The molecule has 2 rings (SSSR count). The van der Waals surface area contributed by atoms with Crippen molar-refractivity contribution in [1.82, 2.24) is 5.32 Å². The summed E-state index contributed by atoms with van der Waals surface area (Å²) in [5.41, 5.74) is 1.16. The largest absolute Gasteiger partial charge is 0.462 e. The lowest BCUT2D eigenvalue weighted by Crippen LogP contribution is -2.34. The van der Waals surface area contributed by atoms with Crippen LogP contribution < -0.4 is 5.32 Å². The molecule has 0 radical (unpaired) electrons. The smallest absolute Gasteiger partial charge is 0.407 e. The van der Waals surface area contributed by atoms with Crippen LogP contribution in [0.2, 0.25) is 0 Å². The fraction of sp³-hybridized carbons (Fsp3) is 0.529. The third kappa shape index (κ3) is 4.48. The average Bonchev–Trinajstić information content (AvgIpc) is 3.16. The molecule has 1 aromatic rings. The molecule has 0 aromatic heterocycles. The Balaban J connectivity index is 1.87. The van der Waals surface area contributed by atoms with Crippen LogP contribution >= 0.6 is 0 Å². The van der Waals surface area contributed by atoms with Crippen LogP contribution in [-0.4, -0.2) is 30.3 Å². The third-order valence-electron chi connectivity index (χ3n) is 3.34. The maximum absolute atomic E-state index is 11.7. The SMILES string of the molecule is CCOC(=O)c1ccc(C2CC2NC(=O)OC(C)(C)C)cc1. The molecule has 5 heteroatoms. The highest BCUT2D eigenvalue weighted by molar-refractivity contribution is 5.89. The van der Waals surface area contributed by atoms with E-state index >= 15 is 0 Å². The Morgan fingerprint density at radius 3 is 2.41 bits per heavy atom. The minimum absolute atomic E-state index is 0.100. The van der Waals surface area contributed by atoms with Crippen LogP contribution in [0.1, 0.15) is 56.0 Å². The molecule has 5 nitrogen and oxygen atoms in total. The summed E-state index contributed by atoms with van der Waals surface area (Å²) in [5.74, 6) is -0.0305. The summed E-state index contributed by atoms with van der Waals surface area (Å²) in [7, 11) is 0. The zero-order valence-electron chi connectivity index (χ0n) is 13.5. The first kappa shape index (κ1) is 16.3. The predicted octanol–water partition coefficient (Wildman–Crippen LogP) is 3.24. The first-order valence-corrected chi connectivity index (χ1v) is 7.56. The van der Waals surface area contributed by atoms with Crippen molar-refractivity contribution >= 4 is 12.1 Å². The number of hydrogen-bond donors (Lipinski definition) is 1. The van der Waals surface area contributed by atoms with Crippen LogP contribution in [0.4, 0.5) is 4.79 Å². The third-order valence-corrected chi connectivity index (χ3v) is 3.34. The van der Waals surface area contributed by atoms with Crippen LogP contribution in [0.15, 0.2) is 24.3 Å². The van der Waals surface area contributed by atoms with Gasteiger partial charge in [-0.2, -0.15) is 0 Å². The van der Waals surface area contributed by atoms with E-state index in [4.69, 9.17) is 9.47 Å². The molecule has 0 aliphatic heterocycles. The normalized spacial score (nSPS) is 20.2. The topological polar surface area (TPSA) is 64.6 Å². The molecule has 1 N–H and O–H groups in total. The van der Waals surface area contributed by atoms with Crippen molar-refractivity contribution in [2.24, 2.45) is 0 Å². The Morgan fingerprint density at radius 2 is 1.86 bits per heavy atom. The molecule has 22 heavy (non-hydrogen) atoms. The van der Waals surface area contributed by atoms with Crippen molar-refractivity contribution in [2.45, 2.75) is 51.7 Å². The van der Waals surface area contributed by atoms with Crippen molar-refractivity contribution in [3.05, 3.63) is 35.4 Å². The van der Waals surface area contributed by atoms with Crippen molar-refractivity contribution < 1.29 is 19.1 Å². The first-order chi connectivity index (χ1) is 10.3. The average molecular weight is 305 g/mol. The fourth-order valence-corrected chi connectivity index (χ4v) is 2.26. The van der Waals surface area contributed by atoms with Gasteiger partial charge in [0.15, 0.2) is 0 Å². The number of ether oxygens (including phenoxy) is 2. The second-order valence-electron chi connectivity index (χ2n) is 6.44. The molecule has 0 spiro atoms. The summed E-state index contributed by atoms with van der Waals surface area (Å²) in [6.45, 7) is 7.66. The van der Waals surface area contributed by atoms with Crippen LogP contribution in [0, 0.1) is 0 Å². The summed E-state index contributed by atoms with van der Waals surface area (Å²) in [6, 6.07) is 7.44. The maximum Gasteiger partial charge on any atom is 0.407 e. The number of esters is 1. The molecule has 1 amide bonds. The summed E-state index contributed by atoms with van der Waals surface area (Å²) < 4.78 is 10.2. The summed E-state index contributed by atoms with van der Waals surface area (Å²) in [5, 5.41) is 2.86. The number of nitrogens with one attached hydrogen (secondary N) is 1. The van der Waals surface area contributed by atoms with E-state index < -0.39 is 5.60 Å². The lowest BCUT2D eigenvalue weighted by molar-refractivity contribution is 0.0514. The second kappa shape index (κ2) is 6.38. The Bertz CT molecular complexity index is 545. The number of rotatable bonds is 4. The van der Waals surface area contributed by atoms with Crippen molar-refractivity contribution in [3.8, 4) is 0 Å². The molecule has 0 bridgehead atoms. The van der Waals surface area contributed by atoms with Gasteiger partial charge in [0.2, 0.25) is 0 Å². The zero-order chi connectivity index (χ0) is 16.3. The Hall–Kier alpha value is -2.04. The highest BCUT2D eigenvalue weighted by Crippen LogP contribution is 2.40. The highest BCUT2D eigenvalue weighted by Gasteiger charge is 2.40. The molecule has 0 heterocycles. The van der Waals surface area contributed by atoms with E-state index in [1.165, 1.54) is 0 Å². The number of hydrogen-bond acceptors (Lipinski definition) is 4. The van der Waals surface area contributed by atoms with Gasteiger partial charge in [-0.25, -0.2) is 9.59 Å². The highest BCUT2D eigenvalue weighted by atomic mass is 16.6. The van der Waals surface area contributed by atoms with Gasteiger partial charge in [0.05, 0.1) is 12.2 Å². The number of amides is 1. The van der Waals surface area contributed by atoms with E-state index in [1.807, 2.05) is 32.9 Å². The van der Waals surface area contributed by atoms with E-state index in [1.54, 1.807) is 19.1 Å². The second-order valence-corrected chi connectivity index (χ2v) is 6.44. The summed E-state index contributed by atoms with van der Waals surface area (Å²) >= 11 is 0. The maximum atomic E-state index is 11.7. The predicted molar refractivity (Wildman–Crippen MR) is 82.9 cm³/mol. The molecule has 1 saturated carbocycles. The Kier molecular flexibility index (Phi) is 4.74. The number of benzene rings is 1. The molecule has 2 unspecified atom stereocenters. The van der Waals surface area contributed by atoms with Gasteiger partial charge in [0, 0.05) is 12.0 Å². The summed E-state index contributed by atoms with van der Waals surface area (Å²) in [4.78, 5) is 23.3. The van der Waals surface area contributed by atoms with E-state index in [9.17, 15) is 9.59 Å². The number of carbonyl (C=O) groups is 2.